The van der Waals surface area contributed by atoms with Crippen LogP contribution in [-0.4, -0.2) is 24.1 Å². The molecule has 0 spiro atoms. The van der Waals surface area contributed by atoms with E-state index in [1.54, 1.807) is 24.3 Å². The van der Waals surface area contributed by atoms with E-state index in [4.69, 9.17) is 34.8 Å². The molecule has 0 aliphatic rings. The monoisotopic (exact) mass is 303 g/mol. The van der Waals surface area contributed by atoms with Crippen molar-refractivity contribution in [3.05, 3.63) is 51.9 Å². The number of hydrogen-bond acceptors (Lipinski definition) is 3. The van der Waals surface area contributed by atoms with Crippen LogP contribution in [0.2, 0.25) is 15.5 Å². The second-order valence-corrected chi connectivity index (χ2v) is 4.66. The van der Waals surface area contributed by atoms with Gasteiger partial charge in [-0.2, -0.15) is 0 Å². The quantitative estimate of drug-likeness (QED) is 0.740. The third-order valence-corrected chi connectivity index (χ3v) is 2.47. The minimum atomic E-state index is 0.428. The first-order valence-corrected chi connectivity index (χ1v) is 6.20. The number of nitrogens with zero attached hydrogens (tertiary/aromatic N) is 3. The highest BCUT2D eigenvalue weighted by atomic mass is 35.5. The predicted octanol–water partition coefficient (Wildman–Crippen LogP) is 4.19. The molecule has 0 N–H and O–H groups in total. The zero-order valence-corrected chi connectivity index (χ0v) is 12.2. The molecule has 18 heavy (non-hydrogen) atoms. The van der Waals surface area contributed by atoms with E-state index in [1.807, 2.05) is 31.1 Å². The first-order valence-electron chi connectivity index (χ1n) is 5.07. The first-order chi connectivity index (χ1) is 8.49. The molecule has 0 radical (unpaired) electrons. The normalized spacial score (nSPS) is 9.39. The van der Waals surface area contributed by atoms with Crippen LogP contribution in [0.3, 0.4) is 0 Å². The Morgan fingerprint density at radius 3 is 1.50 bits per heavy atom. The van der Waals surface area contributed by atoms with Gasteiger partial charge in [-0.3, -0.25) is 0 Å². The van der Waals surface area contributed by atoms with Crippen molar-refractivity contribution < 1.29 is 0 Å². The summed E-state index contributed by atoms with van der Waals surface area (Å²) in [5.74, 6) is 0.882. The molecule has 0 fully saturated rings. The van der Waals surface area contributed by atoms with Crippen LogP contribution in [0.4, 0.5) is 5.82 Å². The zero-order chi connectivity index (χ0) is 13.5. The van der Waals surface area contributed by atoms with Crippen molar-refractivity contribution in [3.63, 3.8) is 0 Å². The Hall–Kier alpha value is -1.03. The third-order valence-electron chi connectivity index (χ3n) is 1.84. The van der Waals surface area contributed by atoms with Crippen LogP contribution < -0.4 is 4.90 Å². The van der Waals surface area contributed by atoms with Crippen molar-refractivity contribution in [3.8, 4) is 0 Å². The van der Waals surface area contributed by atoms with Gasteiger partial charge in [0.1, 0.15) is 21.3 Å². The largest absolute Gasteiger partial charge is 0.363 e. The highest BCUT2D eigenvalue weighted by Crippen LogP contribution is 2.10. The maximum atomic E-state index is 5.65. The van der Waals surface area contributed by atoms with Crippen molar-refractivity contribution in [2.45, 2.75) is 0 Å². The van der Waals surface area contributed by atoms with Crippen molar-refractivity contribution >= 4 is 40.6 Å². The zero-order valence-electron chi connectivity index (χ0n) is 9.94. The second-order valence-electron chi connectivity index (χ2n) is 3.50. The van der Waals surface area contributed by atoms with E-state index in [2.05, 4.69) is 9.97 Å². The van der Waals surface area contributed by atoms with Gasteiger partial charge < -0.3 is 4.90 Å². The van der Waals surface area contributed by atoms with Crippen LogP contribution >= 0.6 is 34.8 Å². The lowest BCUT2D eigenvalue weighted by atomic mass is 10.4. The molecule has 0 aliphatic heterocycles. The molecule has 0 saturated heterocycles. The van der Waals surface area contributed by atoms with Gasteiger partial charge in [0, 0.05) is 14.1 Å². The van der Waals surface area contributed by atoms with E-state index in [9.17, 15) is 0 Å². The van der Waals surface area contributed by atoms with Crippen LogP contribution in [0.15, 0.2) is 36.4 Å². The molecular weight excluding hydrogens is 293 g/mol. The maximum Gasteiger partial charge on any atom is 0.131 e. The van der Waals surface area contributed by atoms with Crippen LogP contribution in [0.25, 0.3) is 0 Å². The van der Waals surface area contributed by atoms with Gasteiger partial charge in [-0.1, -0.05) is 46.9 Å². The fourth-order valence-corrected chi connectivity index (χ4v) is 1.56. The lowest BCUT2D eigenvalue weighted by Gasteiger charge is -2.09. The van der Waals surface area contributed by atoms with Gasteiger partial charge in [0.2, 0.25) is 0 Å². The molecule has 2 aromatic rings. The molecule has 3 nitrogen and oxygen atoms in total. The van der Waals surface area contributed by atoms with Crippen molar-refractivity contribution in [2.75, 3.05) is 19.0 Å². The highest BCUT2D eigenvalue weighted by molar-refractivity contribution is 6.32. The van der Waals surface area contributed by atoms with E-state index in [0.29, 0.717) is 15.5 Å². The van der Waals surface area contributed by atoms with Crippen molar-refractivity contribution in [1.82, 2.24) is 9.97 Å². The van der Waals surface area contributed by atoms with Gasteiger partial charge in [0.25, 0.3) is 0 Å². The molecule has 0 aliphatic carbocycles. The van der Waals surface area contributed by atoms with E-state index in [1.165, 1.54) is 0 Å². The Bertz CT molecular complexity index is 486. The lowest BCUT2D eigenvalue weighted by molar-refractivity contribution is 1.07. The average molecular weight is 305 g/mol. The van der Waals surface area contributed by atoms with Gasteiger partial charge >= 0.3 is 0 Å². The number of pyridine rings is 2. The molecule has 0 saturated carbocycles. The van der Waals surface area contributed by atoms with Gasteiger partial charge in [0.05, 0.1) is 0 Å². The molecule has 0 atom stereocenters. The average Bonchev–Trinajstić information content (AvgIpc) is 2.29. The van der Waals surface area contributed by atoms with Gasteiger partial charge in [-0.25, -0.2) is 9.97 Å². The molecule has 0 aromatic carbocycles. The fourth-order valence-electron chi connectivity index (χ4n) is 1.03. The summed E-state index contributed by atoms with van der Waals surface area (Å²) in [6.07, 6.45) is 0. The number of rotatable bonds is 1. The SMILES string of the molecule is CN(C)c1cccc(Cl)n1.Clc1cccc(Cl)n1. The van der Waals surface area contributed by atoms with E-state index < -0.39 is 0 Å². The van der Waals surface area contributed by atoms with E-state index in [-0.39, 0.29) is 0 Å². The summed E-state index contributed by atoms with van der Waals surface area (Å²) in [7, 11) is 3.86. The third kappa shape index (κ3) is 5.54. The molecule has 2 rings (SSSR count). The molecule has 0 bridgehead atoms. The molecule has 2 heterocycles. The Labute approximate surface area is 121 Å². The fraction of sp³-hybridized carbons (Fsp3) is 0.167. The van der Waals surface area contributed by atoms with Crippen LogP contribution in [-0.2, 0) is 0 Å². The second kappa shape index (κ2) is 7.41. The predicted molar refractivity (Wildman–Crippen MR) is 77.8 cm³/mol. The van der Waals surface area contributed by atoms with Crippen molar-refractivity contribution in [2.24, 2.45) is 0 Å². The summed E-state index contributed by atoms with van der Waals surface area (Å²) in [6, 6.07) is 10.6. The Morgan fingerprint density at radius 1 is 0.778 bits per heavy atom. The summed E-state index contributed by atoms with van der Waals surface area (Å²) in [5, 5.41) is 1.39. The number of hydrogen-bond donors (Lipinski definition) is 0. The Kier molecular flexibility index (Phi) is 6.19. The van der Waals surface area contributed by atoms with Gasteiger partial charge in [-0.15, -0.1) is 0 Å². The lowest BCUT2D eigenvalue weighted by Crippen LogP contribution is -2.09. The molecule has 6 heteroatoms. The highest BCUT2D eigenvalue weighted by Gasteiger charge is 1.94. The van der Waals surface area contributed by atoms with E-state index in [0.717, 1.165) is 5.82 Å². The minimum absolute atomic E-state index is 0.428. The number of aromatic nitrogens is 2. The number of anilines is 1. The van der Waals surface area contributed by atoms with Crippen LogP contribution in [0, 0.1) is 0 Å². The van der Waals surface area contributed by atoms with E-state index >= 15 is 0 Å². The smallest absolute Gasteiger partial charge is 0.131 e. The van der Waals surface area contributed by atoms with Crippen LogP contribution in [0.1, 0.15) is 0 Å². The molecular formula is C12H12Cl3N3. The van der Waals surface area contributed by atoms with Gasteiger partial charge in [-0.05, 0) is 24.3 Å². The summed E-state index contributed by atoms with van der Waals surface area (Å²) in [6.45, 7) is 0. The summed E-state index contributed by atoms with van der Waals surface area (Å²) >= 11 is 16.5. The standard InChI is InChI=1S/C7H9ClN2.C5H3Cl2N/c1-10(2)7-5-3-4-6(8)9-7;6-4-2-1-3-5(7)8-4/h3-5H,1-2H3;1-3H. The molecule has 96 valence electrons. The van der Waals surface area contributed by atoms with Gasteiger partial charge in [0.15, 0.2) is 0 Å². The maximum absolute atomic E-state index is 5.65. The number of halogens is 3. The van der Waals surface area contributed by atoms with Crippen molar-refractivity contribution in [1.29, 1.82) is 0 Å². The Balaban J connectivity index is 0.000000184. The topological polar surface area (TPSA) is 29.0 Å². The summed E-state index contributed by atoms with van der Waals surface area (Å²) in [4.78, 5) is 9.68. The van der Waals surface area contributed by atoms with Crippen LogP contribution in [0.5, 0.6) is 0 Å². The first kappa shape index (κ1) is 15.0. The summed E-state index contributed by atoms with van der Waals surface area (Å²) in [5.41, 5.74) is 0. The Morgan fingerprint density at radius 2 is 1.22 bits per heavy atom. The minimum Gasteiger partial charge on any atom is -0.363 e. The molecule has 0 amide bonds. The molecule has 2 aromatic heterocycles. The molecule has 0 unspecified atom stereocenters. The summed E-state index contributed by atoms with van der Waals surface area (Å²) < 4.78 is 0.